The van der Waals surface area contributed by atoms with Crippen molar-refractivity contribution in [1.29, 1.82) is 0 Å². The predicted molar refractivity (Wildman–Crippen MR) is 91.8 cm³/mol. The van der Waals surface area contributed by atoms with Gasteiger partial charge in [0, 0.05) is 35.7 Å². The number of fused-ring (bicyclic) bond motifs is 1. The molecular weight excluding hydrogens is 286 g/mol. The molecule has 1 fully saturated rings. The Labute approximate surface area is 128 Å². The summed E-state index contributed by atoms with van der Waals surface area (Å²) in [4.78, 5) is 7.30. The van der Waals surface area contributed by atoms with Gasteiger partial charge < -0.3 is 10.6 Å². The van der Waals surface area contributed by atoms with Gasteiger partial charge in [0.25, 0.3) is 0 Å². The molecule has 0 amide bonds. The van der Waals surface area contributed by atoms with E-state index in [1.54, 1.807) is 0 Å². The fraction of sp³-hybridized carbons (Fsp3) is 0.333. The van der Waals surface area contributed by atoms with E-state index in [4.69, 9.17) is 18.0 Å². The van der Waals surface area contributed by atoms with Crippen molar-refractivity contribution in [3.63, 3.8) is 0 Å². The van der Waals surface area contributed by atoms with Gasteiger partial charge in [0.2, 0.25) is 0 Å². The van der Waals surface area contributed by atoms with Gasteiger partial charge in [-0.1, -0.05) is 37.3 Å². The topological polar surface area (TPSA) is 42.1 Å². The average Bonchev–Trinajstić information content (AvgIpc) is 2.46. The molecule has 5 heteroatoms. The maximum Gasteiger partial charge on any atom is 0.107 e. The molecule has 0 bridgehead atoms. The lowest BCUT2D eigenvalue weighted by Gasteiger charge is -2.34. The lowest BCUT2D eigenvalue weighted by atomic mass is 10.1. The summed E-state index contributed by atoms with van der Waals surface area (Å²) in [6.07, 6.45) is 1.81. The van der Waals surface area contributed by atoms with Crippen molar-refractivity contribution in [1.82, 2.24) is 4.98 Å². The van der Waals surface area contributed by atoms with Crippen molar-refractivity contribution in [2.75, 3.05) is 23.7 Å². The molecule has 0 spiro atoms. The van der Waals surface area contributed by atoms with Crippen LogP contribution in [0, 0.1) is 0 Å². The number of nitrogens with zero attached hydrogens (tertiary/aromatic N) is 2. The van der Waals surface area contributed by atoms with Crippen molar-refractivity contribution in [3.8, 4) is 0 Å². The number of thiocarbonyl (C=S) groups is 1. The van der Waals surface area contributed by atoms with Crippen LogP contribution in [0.3, 0.4) is 0 Å². The van der Waals surface area contributed by atoms with Crippen LogP contribution >= 0.6 is 24.0 Å². The number of hydrogen-bond donors (Lipinski definition) is 1. The van der Waals surface area contributed by atoms with Crippen LogP contribution in [0.5, 0.6) is 0 Å². The molecule has 1 unspecified atom stereocenters. The third-order valence-electron chi connectivity index (χ3n) is 3.57. The van der Waals surface area contributed by atoms with Crippen LogP contribution < -0.4 is 10.6 Å². The lowest BCUT2D eigenvalue weighted by Crippen LogP contribution is -2.38. The number of rotatable bonds is 2. The zero-order valence-corrected chi connectivity index (χ0v) is 13.0. The van der Waals surface area contributed by atoms with E-state index < -0.39 is 0 Å². The van der Waals surface area contributed by atoms with Gasteiger partial charge in [0.1, 0.15) is 4.99 Å². The van der Waals surface area contributed by atoms with Gasteiger partial charge in [-0.15, -0.1) is 0 Å². The highest BCUT2D eigenvalue weighted by Crippen LogP contribution is 2.32. The summed E-state index contributed by atoms with van der Waals surface area (Å²) in [6.45, 7) is 4.31. The average molecular weight is 303 g/mol. The van der Waals surface area contributed by atoms with E-state index in [1.165, 1.54) is 0 Å². The van der Waals surface area contributed by atoms with E-state index in [2.05, 4.69) is 22.9 Å². The third kappa shape index (κ3) is 2.47. The molecule has 0 saturated carbocycles. The monoisotopic (exact) mass is 303 g/mol. The molecule has 2 heterocycles. The number of hydrogen-bond acceptors (Lipinski definition) is 4. The molecule has 104 valence electrons. The first-order chi connectivity index (χ1) is 9.66. The first kappa shape index (κ1) is 13.6. The number of para-hydroxylation sites is 1. The highest BCUT2D eigenvalue weighted by Gasteiger charge is 2.22. The minimum Gasteiger partial charge on any atom is -0.389 e. The third-order valence-corrected chi connectivity index (χ3v) is 4.93. The number of benzene rings is 1. The Balaban J connectivity index is 2.19. The smallest absolute Gasteiger partial charge is 0.107 e. The van der Waals surface area contributed by atoms with Crippen LogP contribution in [0.25, 0.3) is 10.9 Å². The van der Waals surface area contributed by atoms with Crippen molar-refractivity contribution in [2.24, 2.45) is 5.73 Å². The normalized spacial score (nSPS) is 19.2. The lowest BCUT2D eigenvalue weighted by molar-refractivity contribution is 0.785. The number of aromatic nitrogens is 1. The second-order valence-electron chi connectivity index (χ2n) is 5.03. The van der Waals surface area contributed by atoms with Gasteiger partial charge in [0.15, 0.2) is 0 Å². The van der Waals surface area contributed by atoms with Crippen LogP contribution in [0.4, 0.5) is 5.69 Å². The molecule has 1 aromatic carbocycles. The summed E-state index contributed by atoms with van der Waals surface area (Å²) in [6, 6.07) is 8.18. The van der Waals surface area contributed by atoms with E-state index in [-0.39, 0.29) is 0 Å². The molecular formula is C15H17N3S2. The molecule has 2 N–H and O–H groups in total. The number of pyridine rings is 1. The van der Waals surface area contributed by atoms with Gasteiger partial charge in [-0.05, 0) is 6.07 Å². The summed E-state index contributed by atoms with van der Waals surface area (Å²) in [5.41, 5.74) is 8.94. The molecule has 0 radical (unpaired) electrons. The van der Waals surface area contributed by atoms with Crippen molar-refractivity contribution < 1.29 is 0 Å². The van der Waals surface area contributed by atoms with Crippen molar-refractivity contribution >= 4 is 45.6 Å². The van der Waals surface area contributed by atoms with Crippen LogP contribution in [0.15, 0.2) is 30.5 Å². The Hall–Kier alpha value is -1.33. The summed E-state index contributed by atoms with van der Waals surface area (Å²) in [5, 5.41) is 1.76. The highest BCUT2D eigenvalue weighted by atomic mass is 32.2. The molecule has 20 heavy (non-hydrogen) atoms. The molecule has 1 atom stereocenters. The van der Waals surface area contributed by atoms with Crippen LogP contribution in [0.1, 0.15) is 12.5 Å². The summed E-state index contributed by atoms with van der Waals surface area (Å²) < 4.78 is 0. The number of thioether (sulfide) groups is 1. The maximum absolute atomic E-state index is 5.91. The number of anilines is 1. The fourth-order valence-corrected chi connectivity index (χ4v) is 3.83. The molecule has 3 nitrogen and oxygen atoms in total. The number of nitrogens with two attached hydrogens (primary N) is 1. The van der Waals surface area contributed by atoms with Gasteiger partial charge in [-0.2, -0.15) is 11.8 Å². The van der Waals surface area contributed by atoms with Crippen LogP contribution in [-0.4, -0.2) is 34.1 Å². The summed E-state index contributed by atoms with van der Waals surface area (Å²) in [5.74, 6) is 1.13. The second kappa shape index (κ2) is 5.58. The van der Waals surface area contributed by atoms with E-state index in [1.807, 2.05) is 36.2 Å². The van der Waals surface area contributed by atoms with E-state index in [0.717, 1.165) is 41.0 Å². The molecule has 2 aromatic rings. The minimum absolute atomic E-state index is 0.420. The van der Waals surface area contributed by atoms with Gasteiger partial charge in [0.05, 0.1) is 16.8 Å². The second-order valence-corrected chi connectivity index (χ2v) is 7.02. The van der Waals surface area contributed by atoms with E-state index in [9.17, 15) is 0 Å². The quantitative estimate of drug-likeness (QED) is 0.864. The summed E-state index contributed by atoms with van der Waals surface area (Å²) in [7, 11) is 0. The highest BCUT2D eigenvalue weighted by molar-refractivity contribution is 8.00. The maximum atomic E-state index is 5.91. The largest absolute Gasteiger partial charge is 0.389 e. The Morgan fingerprint density at radius 3 is 3.00 bits per heavy atom. The molecule has 1 aliphatic rings. The van der Waals surface area contributed by atoms with E-state index >= 15 is 0 Å². The SMILES string of the molecule is CC1CN(c2c(C(N)=S)cnc3ccccc23)CCS1. The molecule has 1 aliphatic heterocycles. The minimum atomic E-state index is 0.420. The Bertz CT molecular complexity index is 657. The first-order valence-corrected chi connectivity index (χ1v) is 8.16. The zero-order chi connectivity index (χ0) is 14.1. The van der Waals surface area contributed by atoms with Crippen molar-refractivity contribution in [2.45, 2.75) is 12.2 Å². The zero-order valence-electron chi connectivity index (χ0n) is 11.4. The molecule has 1 saturated heterocycles. The van der Waals surface area contributed by atoms with Crippen molar-refractivity contribution in [3.05, 3.63) is 36.0 Å². The van der Waals surface area contributed by atoms with Gasteiger partial charge in [-0.3, -0.25) is 4.98 Å². The van der Waals surface area contributed by atoms with E-state index in [0.29, 0.717) is 10.2 Å². The Kier molecular flexibility index (Phi) is 3.81. The Morgan fingerprint density at radius 2 is 2.25 bits per heavy atom. The molecule has 1 aromatic heterocycles. The first-order valence-electron chi connectivity index (χ1n) is 6.71. The molecule has 0 aliphatic carbocycles. The van der Waals surface area contributed by atoms with Gasteiger partial charge in [-0.25, -0.2) is 0 Å². The predicted octanol–water partition coefficient (Wildman–Crippen LogP) is 2.81. The fourth-order valence-electron chi connectivity index (χ4n) is 2.67. The summed E-state index contributed by atoms with van der Waals surface area (Å²) >= 11 is 7.23. The van der Waals surface area contributed by atoms with Crippen LogP contribution in [-0.2, 0) is 0 Å². The molecule has 3 rings (SSSR count). The Morgan fingerprint density at radius 1 is 1.45 bits per heavy atom. The van der Waals surface area contributed by atoms with Gasteiger partial charge >= 0.3 is 0 Å². The van der Waals surface area contributed by atoms with Crippen LogP contribution in [0.2, 0.25) is 0 Å². The standard InChI is InChI=1S/C15H17N3S2/c1-10-9-18(6-7-20-10)14-11-4-2-3-5-13(11)17-8-12(14)15(16)19/h2-5,8,10H,6-7,9H2,1H3,(H2,16,19).